The topological polar surface area (TPSA) is 124 Å². The van der Waals surface area contributed by atoms with Crippen molar-refractivity contribution < 1.29 is 23.1 Å². The Morgan fingerprint density at radius 2 is 1.91 bits per heavy atom. The summed E-state index contributed by atoms with van der Waals surface area (Å²) in [5.74, 6) is -0.648. The number of primary amides is 1. The molecule has 2 heterocycles. The van der Waals surface area contributed by atoms with Crippen LogP contribution in [0.2, 0.25) is 0 Å². The summed E-state index contributed by atoms with van der Waals surface area (Å²) < 4.78 is 29.0. The molecule has 5 N–H and O–H groups in total. The molecule has 0 saturated carbocycles. The molecule has 0 spiro atoms. The number of thiazole rings is 1. The summed E-state index contributed by atoms with van der Waals surface area (Å²) in [5, 5.41) is 2.94. The fourth-order valence-electron chi connectivity index (χ4n) is 3.56. The minimum absolute atomic E-state index is 0.0146. The van der Waals surface area contributed by atoms with Crippen LogP contribution in [0.15, 0.2) is 48.5 Å². The molecule has 0 radical (unpaired) electrons. The van der Waals surface area contributed by atoms with Crippen LogP contribution in [0.1, 0.15) is 32.0 Å². The van der Waals surface area contributed by atoms with Crippen LogP contribution in [-0.4, -0.2) is 35.0 Å². The van der Waals surface area contributed by atoms with Crippen LogP contribution in [0.4, 0.5) is 25.0 Å². The van der Waals surface area contributed by atoms with E-state index in [9.17, 15) is 18.4 Å². The lowest BCUT2D eigenvalue weighted by atomic mass is 9.96. The summed E-state index contributed by atoms with van der Waals surface area (Å²) in [6.07, 6.45) is 0.441. The SMILES string of the molecule is NC(=O)c1nc2c(s1)C(c1ccccc1N)N(C(=O)Nc1ccc(OC(F)F)cc1)CC2. The number of ether oxygens (including phenoxy) is 1. The van der Waals surface area contributed by atoms with E-state index in [0.717, 1.165) is 16.2 Å². The van der Waals surface area contributed by atoms with Crippen LogP contribution < -0.4 is 21.5 Å². The molecule has 0 bridgehead atoms. The minimum atomic E-state index is -2.93. The van der Waals surface area contributed by atoms with Gasteiger partial charge in [-0.2, -0.15) is 8.78 Å². The van der Waals surface area contributed by atoms with Crippen LogP contribution in [0.3, 0.4) is 0 Å². The van der Waals surface area contributed by atoms with Gasteiger partial charge in [-0.3, -0.25) is 4.79 Å². The van der Waals surface area contributed by atoms with Gasteiger partial charge < -0.3 is 26.4 Å². The van der Waals surface area contributed by atoms with Crippen molar-refractivity contribution in [2.45, 2.75) is 19.1 Å². The first-order valence-corrected chi connectivity index (χ1v) is 10.4. The zero-order valence-electron chi connectivity index (χ0n) is 16.6. The number of hydrogen-bond acceptors (Lipinski definition) is 6. The number of nitrogens with zero attached hydrogens (tertiary/aromatic N) is 2. The van der Waals surface area contributed by atoms with E-state index in [1.54, 1.807) is 17.0 Å². The van der Waals surface area contributed by atoms with Crippen molar-refractivity contribution in [2.75, 3.05) is 17.6 Å². The Bertz CT molecular complexity index is 1150. The highest BCUT2D eigenvalue weighted by Gasteiger charge is 2.36. The quantitative estimate of drug-likeness (QED) is 0.503. The van der Waals surface area contributed by atoms with Crippen LogP contribution in [0, 0.1) is 0 Å². The zero-order valence-corrected chi connectivity index (χ0v) is 17.4. The highest BCUT2D eigenvalue weighted by Crippen LogP contribution is 2.41. The lowest BCUT2D eigenvalue weighted by molar-refractivity contribution is -0.0498. The van der Waals surface area contributed by atoms with E-state index in [0.29, 0.717) is 35.6 Å². The molecule has 1 aliphatic rings. The summed E-state index contributed by atoms with van der Waals surface area (Å²) in [6.45, 7) is -2.61. The Hall–Kier alpha value is -3.73. The van der Waals surface area contributed by atoms with E-state index in [2.05, 4.69) is 15.0 Å². The monoisotopic (exact) mass is 459 g/mol. The molecule has 3 aromatic rings. The van der Waals surface area contributed by atoms with Crippen molar-refractivity contribution in [3.8, 4) is 5.75 Å². The third-order valence-corrected chi connectivity index (χ3v) is 6.13. The van der Waals surface area contributed by atoms with Crippen molar-refractivity contribution >= 4 is 34.6 Å². The second kappa shape index (κ2) is 8.79. The number of halogens is 2. The van der Waals surface area contributed by atoms with E-state index in [1.807, 2.05) is 12.1 Å². The Labute approximate surface area is 185 Å². The van der Waals surface area contributed by atoms with Gasteiger partial charge in [-0.05, 0) is 30.3 Å². The number of aromatic nitrogens is 1. The largest absolute Gasteiger partial charge is 0.435 e. The van der Waals surface area contributed by atoms with Gasteiger partial charge in [0.25, 0.3) is 5.91 Å². The van der Waals surface area contributed by atoms with Gasteiger partial charge in [0, 0.05) is 29.9 Å². The summed E-state index contributed by atoms with van der Waals surface area (Å²) >= 11 is 1.14. The smallest absolute Gasteiger partial charge is 0.387 e. The third kappa shape index (κ3) is 4.33. The number of benzene rings is 2. The second-order valence-corrected chi connectivity index (χ2v) is 8.03. The summed E-state index contributed by atoms with van der Waals surface area (Å²) in [6, 6.07) is 11.8. The number of amides is 3. The highest BCUT2D eigenvalue weighted by molar-refractivity contribution is 7.13. The van der Waals surface area contributed by atoms with E-state index < -0.39 is 24.6 Å². The maximum Gasteiger partial charge on any atom is 0.387 e. The summed E-state index contributed by atoms with van der Waals surface area (Å²) in [5.41, 5.74) is 13.9. The third-order valence-electron chi connectivity index (χ3n) is 4.97. The van der Waals surface area contributed by atoms with Gasteiger partial charge in [0.2, 0.25) is 0 Å². The summed E-state index contributed by atoms with van der Waals surface area (Å²) in [4.78, 5) is 31.5. The van der Waals surface area contributed by atoms with Gasteiger partial charge >= 0.3 is 12.6 Å². The number of hydrogen-bond donors (Lipinski definition) is 3. The van der Waals surface area contributed by atoms with E-state index >= 15 is 0 Å². The minimum Gasteiger partial charge on any atom is -0.435 e. The van der Waals surface area contributed by atoms with Crippen molar-refractivity contribution in [3.63, 3.8) is 0 Å². The molecular formula is C21H19F2N5O3S. The first-order chi connectivity index (χ1) is 15.3. The molecule has 0 fully saturated rings. The van der Waals surface area contributed by atoms with E-state index in [-0.39, 0.29) is 10.8 Å². The molecule has 166 valence electrons. The van der Waals surface area contributed by atoms with Crippen LogP contribution >= 0.6 is 11.3 Å². The highest BCUT2D eigenvalue weighted by atomic mass is 32.1. The first-order valence-electron chi connectivity index (χ1n) is 9.59. The van der Waals surface area contributed by atoms with Gasteiger partial charge in [-0.1, -0.05) is 18.2 Å². The van der Waals surface area contributed by atoms with Gasteiger partial charge in [-0.25, -0.2) is 9.78 Å². The number of fused-ring (bicyclic) bond motifs is 1. The number of carbonyl (C=O) groups is 2. The Morgan fingerprint density at radius 3 is 2.56 bits per heavy atom. The molecule has 1 atom stereocenters. The molecule has 8 nitrogen and oxygen atoms in total. The Morgan fingerprint density at radius 1 is 1.19 bits per heavy atom. The van der Waals surface area contributed by atoms with E-state index in [1.165, 1.54) is 24.3 Å². The summed E-state index contributed by atoms with van der Waals surface area (Å²) in [7, 11) is 0. The molecule has 11 heteroatoms. The number of rotatable bonds is 5. The Balaban J connectivity index is 1.65. The van der Waals surface area contributed by atoms with Gasteiger partial charge in [0.05, 0.1) is 16.6 Å². The van der Waals surface area contributed by atoms with Gasteiger partial charge in [0.15, 0.2) is 5.01 Å². The number of nitrogens with one attached hydrogen (secondary N) is 1. The van der Waals surface area contributed by atoms with Gasteiger partial charge in [0.1, 0.15) is 5.75 Å². The maximum absolute atomic E-state index is 13.2. The average molecular weight is 459 g/mol. The molecule has 32 heavy (non-hydrogen) atoms. The number of carbonyl (C=O) groups excluding carboxylic acids is 2. The van der Waals surface area contributed by atoms with Crippen LogP contribution in [-0.2, 0) is 6.42 Å². The standard InChI is InChI=1S/C21H19F2N5O3S/c22-20(23)31-12-7-5-11(6-8-12)26-21(30)28-10-9-15-17(32-19(27-15)18(25)29)16(28)13-3-1-2-4-14(13)24/h1-8,16,20H,9-10,24H2,(H2,25,29)(H,26,30). The lowest BCUT2D eigenvalue weighted by Crippen LogP contribution is -2.42. The van der Waals surface area contributed by atoms with Crippen molar-refractivity contribution in [1.82, 2.24) is 9.88 Å². The fraction of sp³-hybridized carbons (Fsp3) is 0.190. The number of nitrogens with two attached hydrogens (primary N) is 2. The van der Waals surface area contributed by atoms with Gasteiger partial charge in [-0.15, -0.1) is 11.3 Å². The molecule has 4 rings (SSSR count). The number of para-hydroxylation sites is 1. The van der Waals surface area contributed by atoms with Crippen LogP contribution in [0.5, 0.6) is 5.75 Å². The van der Waals surface area contributed by atoms with E-state index in [4.69, 9.17) is 11.5 Å². The molecule has 1 aliphatic heterocycles. The number of nitrogen functional groups attached to an aromatic ring is 1. The number of urea groups is 1. The van der Waals surface area contributed by atoms with Crippen molar-refractivity contribution in [2.24, 2.45) is 5.73 Å². The lowest BCUT2D eigenvalue weighted by Gasteiger charge is -2.35. The molecule has 2 aromatic carbocycles. The number of alkyl halides is 2. The normalized spacial score (nSPS) is 15.3. The van der Waals surface area contributed by atoms with Crippen LogP contribution in [0.25, 0.3) is 0 Å². The zero-order chi connectivity index (χ0) is 22.8. The first kappa shape index (κ1) is 21.5. The molecule has 3 amide bonds. The maximum atomic E-state index is 13.2. The molecule has 0 saturated heterocycles. The molecule has 0 aliphatic carbocycles. The van der Waals surface area contributed by atoms with Crippen molar-refractivity contribution in [1.29, 1.82) is 0 Å². The predicted octanol–water partition coefficient (Wildman–Crippen LogP) is 3.61. The Kier molecular flexibility index (Phi) is 5.91. The molecule has 1 aromatic heterocycles. The predicted molar refractivity (Wildman–Crippen MR) is 116 cm³/mol. The number of anilines is 2. The second-order valence-electron chi connectivity index (χ2n) is 7.00. The van der Waals surface area contributed by atoms with Crippen molar-refractivity contribution in [3.05, 3.63) is 69.7 Å². The fourth-order valence-corrected chi connectivity index (χ4v) is 4.66. The molecular weight excluding hydrogens is 440 g/mol. The molecule has 1 unspecified atom stereocenters. The average Bonchev–Trinajstić information content (AvgIpc) is 3.19.